The van der Waals surface area contributed by atoms with E-state index in [1.165, 1.54) is 13.2 Å². The summed E-state index contributed by atoms with van der Waals surface area (Å²) < 4.78 is 35.4. The number of carbonyl (C=O) groups excluding carboxylic acids is 1. The van der Waals surface area contributed by atoms with Gasteiger partial charge in [-0.15, -0.1) is 10.2 Å². The molecular formula is C28H36N10O3. The lowest BCUT2D eigenvalue weighted by atomic mass is 10.1. The number of methoxy groups -OCH3 is 1. The van der Waals surface area contributed by atoms with Crippen LogP contribution in [0.5, 0.6) is 5.75 Å². The van der Waals surface area contributed by atoms with Gasteiger partial charge in [0.05, 0.1) is 48.1 Å². The summed E-state index contributed by atoms with van der Waals surface area (Å²) in [6.07, 6.45) is 3.71. The van der Waals surface area contributed by atoms with Crippen LogP contribution >= 0.6 is 0 Å². The number of carbonyl (C=O) groups is 1. The van der Waals surface area contributed by atoms with Crippen molar-refractivity contribution in [1.29, 1.82) is 0 Å². The molecule has 41 heavy (non-hydrogen) atoms. The van der Waals surface area contributed by atoms with Crippen molar-refractivity contribution in [2.75, 3.05) is 42.7 Å². The van der Waals surface area contributed by atoms with E-state index in [4.69, 9.17) is 13.6 Å². The van der Waals surface area contributed by atoms with Crippen molar-refractivity contribution >= 4 is 34.6 Å². The smallest absolute Gasteiger partial charge is 0.273 e. The molecule has 1 aliphatic heterocycles. The highest BCUT2D eigenvalue weighted by Gasteiger charge is 2.28. The van der Waals surface area contributed by atoms with Crippen molar-refractivity contribution in [3.8, 4) is 17.1 Å². The number of amides is 1. The summed E-state index contributed by atoms with van der Waals surface area (Å²) in [5.41, 5.74) is 1.98. The molecule has 5 rings (SSSR count). The molecule has 4 aromatic rings. The second kappa shape index (κ2) is 12.6. The third-order valence-corrected chi connectivity index (χ3v) is 6.13. The molecule has 1 amide bonds. The molecule has 216 valence electrons. The number of pyridine rings is 1. The van der Waals surface area contributed by atoms with E-state index in [9.17, 15) is 4.79 Å². The van der Waals surface area contributed by atoms with Gasteiger partial charge in [0.1, 0.15) is 12.1 Å². The van der Waals surface area contributed by atoms with Crippen LogP contribution in [0.2, 0.25) is 0 Å². The highest BCUT2D eigenvalue weighted by atomic mass is 16.5. The number of benzene rings is 1. The van der Waals surface area contributed by atoms with Crippen molar-refractivity contribution in [2.45, 2.75) is 33.5 Å². The molecule has 13 nitrogen and oxygen atoms in total. The van der Waals surface area contributed by atoms with Crippen LogP contribution in [0.25, 0.3) is 11.4 Å². The van der Waals surface area contributed by atoms with Crippen molar-refractivity contribution in [3.63, 3.8) is 0 Å². The monoisotopic (exact) mass is 563 g/mol. The molecule has 1 saturated heterocycles. The first kappa shape index (κ1) is 25.2. The highest BCUT2D eigenvalue weighted by molar-refractivity contribution is 5.99. The Kier molecular flexibility index (Phi) is 7.74. The first-order chi connectivity index (χ1) is 20.5. The minimum Gasteiger partial charge on any atom is -0.494 e. The molecule has 0 unspecified atom stereocenters. The minimum absolute atomic E-state index is 0. The predicted octanol–water partition coefficient (Wildman–Crippen LogP) is 3.77. The highest BCUT2D eigenvalue weighted by Crippen LogP contribution is 2.37. The maximum atomic E-state index is 12.9. The summed E-state index contributed by atoms with van der Waals surface area (Å²) in [6, 6.07) is 10.6. The lowest BCUT2D eigenvalue weighted by Gasteiger charge is -2.41. The van der Waals surface area contributed by atoms with Crippen LogP contribution in [0.1, 0.15) is 35.9 Å². The second-order valence-electron chi connectivity index (χ2n) is 9.44. The molecule has 0 bridgehead atoms. The van der Waals surface area contributed by atoms with Gasteiger partial charge >= 0.3 is 0 Å². The third kappa shape index (κ3) is 6.52. The topological polar surface area (TPSA) is 144 Å². The molecule has 0 atom stereocenters. The van der Waals surface area contributed by atoms with Crippen LogP contribution in [0.4, 0.5) is 28.7 Å². The number of anilines is 5. The second-order valence-corrected chi connectivity index (χ2v) is 9.44. The Labute approximate surface area is 243 Å². The number of hydrogen-bond acceptors (Lipinski definition) is 11. The maximum absolute atomic E-state index is 12.9. The fourth-order valence-corrected chi connectivity index (χ4v) is 4.31. The van der Waals surface area contributed by atoms with Gasteiger partial charge in [0.25, 0.3) is 5.91 Å². The lowest BCUT2D eigenvalue weighted by molar-refractivity contribution is -0.00720. The number of para-hydroxylation sites is 1. The minimum atomic E-state index is -2.72. The molecule has 13 heteroatoms. The summed E-state index contributed by atoms with van der Waals surface area (Å²) >= 11 is 0. The van der Waals surface area contributed by atoms with Crippen LogP contribution in [-0.4, -0.2) is 75.2 Å². The van der Waals surface area contributed by atoms with E-state index in [2.05, 4.69) is 40.8 Å². The normalized spacial score (nSPS) is 14.3. The summed E-state index contributed by atoms with van der Waals surface area (Å²) in [4.78, 5) is 23.8. The van der Waals surface area contributed by atoms with Crippen molar-refractivity contribution < 1.29 is 18.4 Å². The quantitative estimate of drug-likeness (QED) is 0.259. The van der Waals surface area contributed by atoms with Gasteiger partial charge < -0.3 is 30.3 Å². The van der Waals surface area contributed by atoms with E-state index in [1.54, 1.807) is 42.5 Å². The van der Waals surface area contributed by atoms with E-state index < -0.39 is 12.9 Å². The van der Waals surface area contributed by atoms with Crippen molar-refractivity contribution in [1.82, 2.24) is 35.3 Å². The first-order valence-corrected chi connectivity index (χ1v) is 12.6. The SMILES string of the molecule is C.[2H]C([2H])([2H])NC(=O)c1nnc(Nc2ccc(N3CC(OC(C)C)C3)cn2)cc1Nc1cccc(-c2ncn(C)n2)c1OC. The van der Waals surface area contributed by atoms with Crippen LogP contribution in [0.3, 0.4) is 0 Å². The van der Waals surface area contributed by atoms with Crippen molar-refractivity contribution in [2.24, 2.45) is 7.05 Å². The van der Waals surface area contributed by atoms with E-state index in [-0.39, 0.29) is 36.8 Å². The Hall–Kier alpha value is -4.78. The molecule has 1 fully saturated rings. The molecule has 3 N–H and O–H groups in total. The van der Waals surface area contributed by atoms with Gasteiger partial charge in [0, 0.05) is 37.3 Å². The molecule has 0 aliphatic carbocycles. The van der Waals surface area contributed by atoms with Crippen LogP contribution in [-0.2, 0) is 11.8 Å². The summed E-state index contributed by atoms with van der Waals surface area (Å²) in [6.45, 7) is 2.92. The number of hydrogen-bond donors (Lipinski definition) is 3. The Bertz CT molecular complexity index is 1590. The van der Waals surface area contributed by atoms with E-state index in [0.717, 1.165) is 18.8 Å². The molecule has 4 heterocycles. The number of aromatic nitrogens is 6. The Morgan fingerprint density at radius 3 is 2.59 bits per heavy atom. The lowest BCUT2D eigenvalue weighted by Crippen LogP contribution is -2.53. The largest absolute Gasteiger partial charge is 0.494 e. The van der Waals surface area contributed by atoms with Gasteiger partial charge in [0.2, 0.25) is 0 Å². The van der Waals surface area contributed by atoms with Gasteiger partial charge in [-0.25, -0.2) is 9.97 Å². The van der Waals surface area contributed by atoms with Gasteiger partial charge in [-0.1, -0.05) is 13.5 Å². The number of ether oxygens (including phenoxy) is 2. The molecule has 0 radical (unpaired) electrons. The van der Waals surface area contributed by atoms with Crippen LogP contribution in [0.15, 0.2) is 48.9 Å². The number of nitrogens with zero attached hydrogens (tertiary/aromatic N) is 7. The van der Waals surface area contributed by atoms with E-state index in [0.29, 0.717) is 28.6 Å². The number of nitrogens with one attached hydrogen (secondary N) is 3. The molecular weight excluding hydrogens is 524 g/mol. The Morgan fingerprint density at radius 1 is 1.10 bits per heavy atom. The average molecular weight is 564 g/mol. The zero-order valence-corrected chi connectivity index (χ0v) is 22.5. The predicted molar refractivity (Wildman–Crippen MR) is 158 cm³/mol. The fraction of sp³-hybridized carbons (Fsp3) is 0.357. The molecule has 1 aliphatic rings. The maximum Gasteiger partial charge on any atom is 0.273 e. The van der Waals surface area contributed by atoms with Gasteiger partial charge in [0.15, 0.2) is 23.1 Å². The average Bonchev–Trinajstić information content (AvgIpc) is 3.36. The molecule has 0 saturated carbocycles. The fourth-order valence-electron chi connectivity index (χ4n) is 4.31. The number of rotatable bonds is 10. The number of aryl methyl sites for hydroxylation is 1. The van der Waals surface area contributed by atoms with Gasteiger partial charge in [-0.3, -0.25) is 9.48 Å². The third-order valence-electron chi connectivity index (χ3n) is 6.13. The van der Waals surface area contributed by atoms with Gasteiger partial charge in [-0.2, -0.15) is 5.10 Å². The summed E-state index contributed by atoms with van der Waals surface area (Å²) in [5.74, 6) is 0.685. The zero-order chi connectivity index (χ0) is 30.7. The van der Waals surface area contributed by atoms with Crippen LogP contribution in [0, 0.1) is 0 Å². The molecule has 0 spiro atoms. The zero-order valence-electron chi connectivity index (χ0n) is 25.5. The van der Waals surface area contributed by atoms with Crippen LogP contribution < -0.4 is 25.6 Å². The first-order valence-electron chi connectivity index (χ1n) is 14.1. The van der Waals surface area contributed by atoms with Gasteiger partial charge in [-0.05, 0) is 38.1 Å². The van der Waals surface area contributed by atoms with Crippen molar-refractivity contribution in [3.05, 3.63) is 54.6 Å². The van der Waals surface area contributed by atoms with E-state index in [1.807, 2.05) is 31.3 Å². The molecule has 1 aromatic carbocycles. The summed E-state index contributed by atoms with van der Waals surface area (Å²) in [5, 5.41) is 20.7. The molecule has 3 aromatic heterocycles. The van der Waals surface area contributed by atoms with E-state index >= 15 is 0 Å². The Balaban J connectivity index is 0.00000442. The standard InChI is InChI=1S/C27H32N10O3.CH4/c1-16(2)40-18-13-37(14-18)17-9-10-22(29-12-17)32-23-11-21(24(34-33-23)27(38)28-3)31-20-8-6-7-19(25(20)39-5)26-30-15-36(4)35-26;/h6-12,15-16,18H,13-14H2,1-5H3,(H,28,38)(H2,29,31,32,33);1H4/i3D3;. The Morgan fingerprint density at radius 2 is 1.93 bits per heavy atom. The summed E-state index contributed by atoms with van der Waals surface area (Å²) in [7, 11) is 3.25.